The number of nitrogens with one attached hydrogen (secondary N) is 1. The molecule has 7 nitrogen and oxygen atoms in total. The highest BCUT2D eigenvalue weighted by atomic mass is 16.5. The van der Waals surface area contributed by atoms with E-state index in [1.807, 2.05) is 54.7 Å². The van der Waals surface area contributed by atoms with Gasteiger partial charge in [-0.3, -0.25) is 10.00 Å². The summed E-state index contributed by atoms with van der Waals surface area (Å²) < 4.78 is 5.23. The Morgan fingerprint density at radius 3 is 2.61 bits per heavy atom. The molecular weight excluding hydrogens is 356 g/mol. The number of hydrogen-bond donors (Lipinski definition) is 1. The Bertz CT molecular complexity index is 923. The van der Waals surface area contributed by atoms with Crippen molar-refractivity contribution < 1.29 is 14.3 Å². The predicted octanol–water partition coefficient (Wildman–Crippen LogP) is 3.34. The lowest BCUT2D eigenvalue weighted by molar-refractivity contribution is -0.108. The molecule has 0 bridgehead atoms. The Morgan fingerprint density at radius 1 is 1.18 bits per heavy atom. The molecule has 2 amide bonds. The fourth-order valence-corrected chi connectivity index (χ4v) is 2.90. The molecule has 3 rings (SSSR count). The Morgan fingerprint density at radius 2 is 1.96 bits per heavy atom. The molecule has 0 radical (unpaired) electrons. The highest BCUT2D eigenvalue weighted by molar-refractivity contribution is 5.92. The second kappa shape index (κ2) is 8.85. The Kier molecular flexibility index (Phi) is 6.06. The van der Waals surface area contributed by atoms with Gasteiger partial charge in [0, 0.05) is 31.0 Å². The van der Waals surface area contributed by atoms with Gasteiger partial charge >= 0.3 is 6.03 Å². The number of nitrogens with zero attached hydrogens (tertiary/aromatic N) is 3. The summed E-state index contributed by atoms with van der Waals surface area (Å²) in [4.78, 5) is 27.1. The van der Waals surface area contributed by atoms with Crippen LogP contribution in [-0.2, 0) is 11.3 Å². The van der Waals surface area contributed by atoms with Gasteiger partial charge in [-0.2, -0.15) is 5.10 Å². The van der Waals surface area contributed by atoms with Gasteiger partial charge in [-0.05, 0) is 35.4 Å². The molecule has 0 atom stereocenters. The van der Waals surface area contributed by atoms with E-state index in [0.717, 1.165) is 28.7 Å². The van der Waals surface area contributed by atoms with Gasteiger partial charge in [0.25, 0.3) is 0 Å². The molecule has 0 aliphatic heterocycles. The molecule has 1 heterocycles. The number of aromatic nitrogens is 2. The van der Waals surface area contributed by atoms with Gasteiger partial charge in [0.15, 0.2) is 0 Å². The molecule has 0 spiro atoms. The van der Waals surface area contributed by atoms with E-state index in [9.17, 15) is 9.59 Å². The van der Waals surface area contributed by atoms with Crippen LogP contribution in [0.4, 0.5) is 10.5 Å². The third-order valence-electron chi connectivity index (χ3n) is 4.45. The normalized spacial score (nSPS) is 10.4. The molecule has 0 aliphatic carbocycles. The monoisotopic (exact) mass is 378 g/mol. The second-order valence-electron chi connectivity index (χ2n) is 6.27. The maximum atomic E-state index is 13.0. The molecule has 144 valence electrons. The van der Waals surface area contributed by atoms with Crippen molar-refractivity contribution in [3.63, 3.8) is 0 Å². The van der Waals surface area contributed by atoms with E-state index < -0.39 is 0 Å². The Hall–Kier alpha value is -3.61. The summed E-state index contributed by atoms with van der Waals surface area (Å²) in [5, 5.41) is 6.72. The molecule has 28 heavy (non-hydrogen) atoms. The zero-order valence-corrected chi connectivity index (χ0v) is 15.8. The van der Waals surface area contributed by atoms with Gasteiger partial charge in [0.2, 0.25) is 0 Å². The van der Waals surface area contributed by atoms with E-state index >= 15 is 0 Å². The SMILES string of the molecule is COc1cccc(CN(CC=O)C(=O)N(C)c2ccc(-c3cn[nH]c3)cc2)c1. The number of hydrogen-bond acceptors (Lipinski definition) is 4. The number of aromatic amines is 1. The third-order valence-corrected chi connectivity index (χ3v) is 4.45. The highest BCUT2D eigenvalue weighted by Gasteiger charge is 2.19. The molecular formula is C21H22N4O3. The van der Waals surface area contributed by atoms with Crippen molar-refractivity contribution >= 4 is 18.0 Å². The zero-order chi connectivity index (χ0) is 19.9. The highest BCUT2D eigenvalue weighted by Crippen LogP contribution is 2.23. The lowest BCUT2D eigenvalue weighted by Crippen LogP contribution is -2.41. The van der Waals surface area contributed by atoms with E-state index in [1.54, 1.807) is 20.4 Å². The minimum atomic E-state index is -0.258. The molecule has 0 saturated carbocycles. The molecule has 0 unspecified atom stereocenters. The van der Waals surface area contributed by atoms with Gasteiger partial charge in [-0.25, -0.2) is 4.79 Å². The van der Waals surface area contributed by atoms with E-state index in [0.29, 0.717) is 12.3 Å². The lowest BCUT2D eigenvalue weighted by Gasteiger charge is -2.27. The number of anilines is 1. The summed E-state index contributed by atoms with van der Waals surface area (Å²) in [5.74, 6) is 0.708. The standard InChI is InChI=1S/C21H22N4O3/c1-24(19-8-6-17(7-9-19)18-13-22-23-14-18)21(27)25(10-11-26)15-16-4-3-5-20(12-16)28-2/h3-9,11-14H,10,15H2,1-2H3,(H,22,23). The first-order chi connectivity index (χ1) is 13.6. The first kappa shape index (κ1) is 19.2. The molecule has 0 saturated heterocycles. The van der Waals surface area contributed by atoms with Crippen LogP contribution >= 0.6 is 0 Å². The van der Waals surface area contributed by atoms with Crippen LogP contribution in [0.25, 0.3) is 11.1 Å². The van der Waals surface area contributed by atoms with Crippen LogP contribution in [0.3, 0.4) is 0 Å². The number of benzene rings is 2. The predicted molar refractivity (Wildman–Crippen MR) is 107 cm³/mol. The van der Waals surface area contributed by atoms with Crippen molar-refractivity contribution in [3.05, 3.63) is 66.5 Å². The fourth-order valence-electron chi connectivity index (χ4n) is 2.90. The number of H-pyrrole nitrogens is 1. The van der Waals surface area contributed by atoms with Crippen LogP contribution in [0, 0.1) is 0 Å². The zero-order valence-electron chi connectivity index (χ0n) is 15.8. The van der Waals surface area contributed by atoms with Crippen LogP contribution in [0.5, 0.6) is 5.75 Å². The molecule has 7 heteroatoms. The quantitative estimate of drug-likeness (QED) is 0.640. The summed E-state index contributed by atoms with van der Waals surface area (Å²) in [5.41, 5.74) is 3.60. The molecule has 1 N–H and O–H groups in total. The summed E-state index contributed by atoms with van der Waals surface area (Å²) in [6, 6.07) is 14.8. The van der Waals surface area contributed by atoms with Gasteiger partial charge in [-0.15, -0.1) is 0 Å². The maximum absolute atomic E-state index is 13.0. The van der Waals surface area contributed by atoms with E-state index in [-0.39, 0.29) is 12.6 Å². The lowest BCUT2D eigenvalue weighted by atomic mass is 10.1. The van der Waals surface area contributed by atoms with Crippen molar-refractivity contribution in [2.45, 2.75) is 6.54 Å². The summed E-state index contributed by atoms with van der Waals surface area (Å²) in [6.45, 7) is 0.319. The molecule has 0 aliphatic rings. The van der Waals surface area contributed by atoms with Crippen LogP contribution < -0.4 is 9.64 Å². The van der Waals surface area contributed by atoms with Crippen LogP contribution in [-0.4, -0.2) is 48.1 Å². The molecule has 2 aromatic carbocycles. The number of carbonyl (C=O) groups excluding carboxylic acids is 2. The smallest absolute Gasteiger partial charge is 0.324 e. The first-order valence-electron chi connectivity index (χ1n) is 8.81. The molecule has 1 aromatic heterocycles. The Balaban J connectivity index is 1.75. The largest absolute Gasteiger partial charge is 0.497 e. The number of methoxy groups -OCH3 is 1. The number of rotatable bonds is 7. The van der Waals surface area contributed by atoms with Crippen molar-refractivity contribution in [3.8, 4) is 16.9 Å². The Labute approximate surface area is 163 Å². The fraction of sp³-hybridized carbons (Fsp3) is 0.190. The minimum absolute atomic E-state index is 0.00743. The number of aldehydes is 1. The summed E-state index contributed by atoms with van der Waals surface area (Å²) in [6.07, 6.45) is 4.28. The van der Waals surface area contributed by atoms with Crippen molar-refractivity contribution in [1.82, 2.24) is 15.1 Å². The summed E-state index contributed by atoms with van der Waals surface area (Å²) >= 11 is 0. The van der Waals surface area contributed by atoms with E-state index in [2.05, 4.69) is 10.2 Å². The first-order valence-corrected chi connectivity index (χ1v) is 8.81. The molecule has 3 aromatic rings. The average molecular weight is 378 g/mol. The van der Waals surface area contributed by atoms with Crippen LogP contribution in [0.1, 0.15) is 5.56 Å². The minimum Gasteiger partial charge on any atom is -0.497 e. The molecule has 0 fully saturated rings. The average Bonchev–Trinajstić information content (AvgIpc) is 3.27. The van der Waals surface area contributed by atoms with Gasteiger partial charge < -0.3 is 14.4 Å². The summed E-state index contributed by atoms with van der Waals surface area (Å²) in [7, 11) is 3.28. The van der Waals surface area contributed by atoms with Gasteiger partial charge in [0.05, 0.1) is 19.9 Å². The van der Waals surface area contributed by atoms with Crippen molar-refractivity contribution in [2.24, 2.45) is 0 Å². The van der Waals surface area contributed by atoms with Gasteiger partial charge in [0.1, 0.15) is 12.0 Å². The number of ether oxygens (including phenoxy) is 1. The number of carbonyl (C=O) groups is 2. The van der Waals surface area contributed by atoms with Crippen LogP contribution in [0.15, 0.2) is 60.9 Å². The third kappa shape index (κ3) is 4.37. The topological polar surface area (TPSA) is 78.5 Å². The van der Waals surface area contributed by atoms with Crippen molar-refractivity contribution in [1.29, 1.82) is 0 Å². The number of urea groups is 1. The van der Waals surface area contributed by atoms with Crippen molar-refractivity contribution in [2.75, 3.05) is 25.6 Å². The van der Waals surface area contributed by atoms with E-state index in [4.69, 9.17) is 4.74 Å². The van der Waals surface area contributed by atoms with Gasteiger partial charge in [-0.1, -0.05) is 24.3 Å². The van der Waals surface area contributed by atoms with E-state index in [1.165, 1.54) is 9.80 Å². The maximum Gasteiger partial charge on any atom is 0.324 e. The van der Waals surface area contributed by atoms with Crippen LogP contribution in [0.2, 0.25) is 0 Å². The second-order valence-corrected chi connectivity index (χ2v) is 6.27. The number of amides is 2.